The summed E-state index contributed by atoms with van der Waals surface area (Å²) in [6, 6.07) is 9.55. The van der Waals surface area contributed by atoms with Gasteiger partial charge >= 0.3 is 0 Å². The molecule has 0 radical (unpaired) electrons. The molecule has 2 aromatic rings. The Morgan fingerprint density at radius 1 is 1.07 bits per heavy atom. The Hall–Kier alpha value is -2.74. The van der Waals surface area contributed by atoms with Crippen LogP contribution in [0.5, 0.6) is 0 Å². The second kappa shape index (κ2) is 8.97. The van der Waals surface area contributed by atoms with Crippen LogP contribution in [0.4, 0.5) is 17.6 Å². The molecule has 1 aromatic carbocycles. The van der Waals surface area contributed by atoms with E-state index in [1.807, 2.05) is 49.3 Å². The van der Waals surface area contributed by atoms with Gasteiger partial charge in [0.2, 0.25) is 17.8 Å². The first kappa shape index (κ1) is 20.0. The zero-order chi connectivity index (χ0) is 20.1. The van der Waals surface area contributed by atoms with E-state index >= 15 is 0 Å². The van der Waals surface area contributed by atoms with Crippen LogP contribution in [0.1, 0.15) is 25.6 Å². The number of amides is 1. The number of anilines is 3. The molecular formula is C20H29N7O. The smallest absolute Gasteiger partial charge is 0.238 e. The van der Waals surface area contributed by atoms with Crippen molar-refractivity contribution >= 4 is 23.5 Å². The van der Waals surface area contributed by atoms with Crippen LogP contribution in [0.15, 0.2) is 30.3 Å². The summed E-state index contributed by atoms with van der Waals surface area (Å²) < 4.78 is 0. The van der Waals surface area contributed by atoms with Crippen LogP contribution in [0.3, 0.4) is 0 Å². The van der Waals surface area contributed by atoms with Crippen LogP contribution in [0.25, 0.3) is 0 Å². The minimum Gasteiger partial charge on any atom is -0.347 e. The monoisotopic (exact) mass is 383 g/mol. The van der Waals surface area contributed by atoms with Gasteiger partial charge in [0.05, 0.1) is 6.54 Å². The SMILES string of the molecule is CC(C)c1nc(N(C)C)nc(N2CCN(CC(=O)Nc3ccccc3)CC2)n1. The zero-order valence-electron chi connectivity index (χ0n) is 17.1. The Labute approximate surface area is 166 Å². The Bertz CT molecular complexity index is 760. The van der Waals surface area contributed by atoms with E-state index in [9.17, 15) is 4.79 Å². The molecule has 0 aliphatic carbocycles. The van der Waals surface area contributed by atoms with Gasteiger partial charge in [-0.05, 0) is 12.1 Å². The molecule has 0 bridgehead atoms. The van der Waals surface area contributed by atoms with Crippen molar-refractivity contribution in [2.24, 2.45) is 0 Å². The van der Waals surface area contributed by atoms with E-state index in [1.165, 1.54) is 0 Å². The molecule has 0 atom stereocenters. The van der Waals surface area contributed by atoms with Crippen LogP contribution >= 0.6 is 0 Å². The molecule has 28 heavy (non-hydrogen) atoms. The number of piperazine rings is 1. The minimum absolute atomic E-state index is 0.0109. The van der Waals surface area contributed by atoms with Gasteiger partial charge in [0, 0.05) is 51.9 Å². The highest BCUT2D eigenvalue weighted by Crippen LogP contribution is 2.19. The first-order valence-electron chi connectivity index (χ1n) is 9.68. The third-order valence-electron chi connectivity index (χ3n) is 4.63. The van der Waals surface area contributed by atoms with Crippen molar-refractivity contribution in [2.75, 3.05) is 61.9 Å². The number of benzene rings is 1. The third-order valence-corrected chi connectivity index (χ3v) is 4.63. The van der Waals surface area contributed by atoms with Crippen molar-refractivity contribution in [1.82, 2.24) is 19.9 Å². The molecular weight excluding hydrogens is 354 g/mol. The van der Waals surface area contributed by atoms with Gasteiger partial charge in [-0.25, -0.2) is 0 Å². The molecule has 0 saturated carbocycles. The predicted molar refractivity (Wildman–Crippen MR) is 112 cm³/mol. The maximum Gasteiger partial charge on any atom is 0.238 e. The lowest BCUT2D eigenvalue weighted by Crippen LogP contribution is -2.49. The Kier molecular flexibility index (Phi) is 6.41. The van der Waals surface area contributed by atoms with E-state index < -0.39 is 0 Å². The molecule has 2 heterocycles. The number of carbonyl (C=O) groups excluding carboxylic acids is 1. The molecule has 150 valence electrons. The molecule has 1 aliphatic heterocycles. The summed E-state index contributed by atoms with van der Waals surface area (Å²) in [6.07, 6.45) is 0. The Morgan fingerprint density at radius 3 is 2.36 bits per heavy atom. The molecule has 8 heteroatoms. The fraction of sp³-hybridized carbons (Fsp3) is 0.500. The Morgan fingerprint density at radius 2 is 1.75 bits per heavy atom. The summed E-state index contributed by atoms with van der Waals surface area (Å²) in [5.74, 6) is 2.45. The van der Waals surface area contributed by atoms with Gasteiger partial charge in [0.1, 0.15) is 5.82 Å². The van der Waals surface area contributed by atoms with Crippen LogP contribution in [0, 0.1) is 0 Å². The summed E-state index contributed by atoms with van der Waals surface area (Å²) in [5.41, 5.74) is 0.828. The third kappa shape index (κ3) is 5.16. The average molecular weight is 384 g/mol. The van der Waals surface area contributed by atoms with E-state index in [0.717, 1.165) is 43.6 Å². The standard InChI is InChI=1S/C20H29N7O/c1-15(2)18-22-19(25(3)4)24-20(23-18)27-12-10-26(11-13-27)14-17(28)21-16-8-6-5-7-9-16/h5-9,15H,10-14H2,1-4H3,(H,21,28). The number of hydrogen-bond acceptors (Lipinski definition) is 7. The number of rotatable bonds is 6. The van der Waals surface area contributed by atoms with E-state index in [1.54, 1.807) is 0 Å². The van der Waals surface area contributed by atoms with Crippen LogP contribution in [-0.4, -0.2) is 72.6 Å². The van der Waals surface area contributed by atoms with Crippen molar-refractivity contribution in [2.45, 2.75) is 19.8 Å². The van der Waals surface area contributed by atoms with Gasteiger partial charge in [-0.2, -0.15) is 15.0 Å². The lowest BCUT2D eigenvalue weighted by Gasteiger charge is -2.34. The lowest BCUT2D eigenvalue weighted by molar-refractivity contribution is -0.117. The second-order valence-corrected chi connectivity index (χ2v) is 7.52. The minimum atomic E-state index is 0.0109. The lowest BCUT2D eigenvalue weighted by atomic mass is 10.2. The maximum atomic E-state index is 12.3. The van der Waals surface area contributed by atoms with Crippen molar-refractivity contribution in [3.05, 3.63) is 36.2 Å². The van der Waals surface area contributed by atoms with E-state index in [-0.39, 0.29) is 11.8 Å². The Balaban J connectivity index is 1.58. The molecule has 3 rings (SSSR count). The van der Waals surface area contributed by atoms with Crippen LogP contribution < -0.4 is 15.1 Å². The van der Waals surface area contributed by atoms with Crippen LogP contribution in [-0.2, 0) is 4.79 Å². The van der Waals surface area contributed by atoms with Gasteiger partial charge in [-0.1, -0.05) is 32.0 Å². The fourth-order valence-corrected chi connectivity index (χ4v) is 3.00. The number of nitrogens with one attached hydrogen (secondary N) is 1. The summed E-state index contributed by atoms with van der Waals surface area (Å²) in [4.78, 5) is 32.3. The number of hydrogen-bond donors (Lipinski definition) is 1. The second-order valence-electron chi connectivity index (χ2n) is 7.52. The zero-order valence-corrected chi connectivity index (χ0v) is 17.1. The molecule has 0 unspecified atom stereocenters. The normalized spacial score (nSPS) is 15.0. The number of aromatic nitrogens is 3. The average Bonchev–Trinajstić information content (AvgIpc) is 2.68. The van der Waals surface area contributed by atoms with E-state index in [2.05, 4.69) is 43.9 Å². The summed E-state index contributed by atoms with van der Waals surface area (Å²) >= 11 is 0. The number of carbonyl (C=O) groups is 1. The quantitative estimate of drug-likeness (QED) is 0.815. The molecule has 1 saturated heterocycles. The fourth-order valence-electron chi connectivity index (χ4n) is 3.00. The van der Waals surface area contributed by atoms with E-state index in [0.29, 0.717) is 12.5 Å². The predicted octanol–water partition coefficient (Wildman–Crippen LogP) is 1.82. The van der Waals surface area contributed by atoms with Gasteiger partial charge in [0.15, 0.2) is 0 Å². The highest BCUT2D eigenvalue weighted by molar-refractivity contribution is 5.92. The number of nitrogens with zero attached hydrogens (tertiary/aromatic N) is 6. The molecule has 1 amide bonds. The molecule has 1 N–H and O–H groups in total. The summed E-state index contributed by atoms with van der Waals surface area (Å²) in [7, 11) is 3.87. The first-order valence-corrected chi connectivity index (χ1v) is 9.68. The summed E-state index contributed by atoms with van der Waals surface area (Å²) in [6.45, 7) is 7.72. The van der Waals surface area contributed by atoms with E-state index in [4.69, 9.17) is 0 Å². The van der Waals surface area contributed by atoms with Gasteiger partial charge in [0.25, 0.3) is 0 Å². The molecule has 1 fully saturated rings. The van der Waals surface area contributed by atoms with Gasteiger partial charge < -0.3 is 15.1 Å². The molecule has 1 aromatic heterocycles. The largest absolute Gasteiger partial charge is 0.347 e. The first-order chi connectivity index (χ1) is 13.4. The van der Waals surface area contributed by atoms with Crippen molar-refractivity contribution < 1.29 is 4.79 Å². The molecule has 8 nitrogen and oxygen atoms in total. The summed E-state index contributed by atoms with van der Waals surface area (Å²) in [5, 5.41) is 2.94. The van der Waals surface area contributed by atoms with Gasteiger partial charge in [-0.15, -0.1) is 0 Å². The topological polar surface area (TPSA) is 77.5 Å². The molecule has 0 spiro atoms. The van der Waals surface area contributed by atoms with Gasteiger partial charge in [-0.3, -0.25) is 9.69 Å². The highest BCUT2D eigenvalue weighted by atomic mass is 16.2. The highest BCUT2D eigenvalue weighted by Gasteiger charge is 2.22. The van der Waals surface area contributed by atoms with Crippen molar-refractivity contribution in [3.8, 4) is 0 Å². The number of para-hydroxylation sites is 1. The van der Waals surface area contributed by atoms with Crippen molar-refractivity contribution in [1.29, 1.82) is 0 Å². The van der Waals surface area contributed by atoms with Crippen LogP contribution in [0.2, 0.25) is 0 Å². The molecule has 1 aliphatic rings. The van der Waals surface area contributed by atoms with Crippen molar-refractivity contribution in [3.63, 3.8) is 0 Å². The maximum absolute atomic E-state index is 12.3.